The van der Waals surface area contributed by atoms with E-state index >= 15 is 0 Å². The number of rotatable bonds is 7. The van der Waals surface area contributed by atoms with Crippen molar-refractivity contribution in [3.8, 4) is 5.75 Å². The normalized spacial score (nSPS) is 18.8. The molecule has 0 fully saturated rings. The molecule has 1 aliphatic rings. The van der Waals surface area contributed by atoms with Gasteiger partial charge in [-0.05, 0) is 58.0 Å². The maximum Gasteiger partial charge on any atom is 0.258 e. The average molecular weight is 413 g/mol. The van der Waals surface area contributed by atoms with Crippen molar-refractivity contribution in [3.63, 3.8) is 0 Å². The Labute approximate surface area is 179 Å². The van der Waals surface area contributed by atoms with E-state index in [1.54, 1.807) is 0 Å². The molecular weight excluding hydrogens is 372 g/mol. The van der Waals surface area contributed by atoms with Gasteiger partial charge in [-0.15, -0.1) is 0 Å². The molecule has 0 radical (unpaired) electrons. The summed E-state index contributed by atoms with van der Waals surface area (Å²) in [6.45, 7) is 21.6. The molecular formula is C26H40O2Si. The molecule has 29 heavy (non-hydrogen) atoms. The Balaban J connectivity index is 2.23. The minimum atomic E-state index is -2.02. The zero-order chi connectivity index (χ0) is 21.6. The molecule has 0 aliphatic heterocycles. The standard InChI is InChI=1S/C26H40O2Si/c1-10-27-25-24-20(16-26(25,8)9)15-23(21-13-11-12-14-22(21)24)28-29(17(2)3,18(4)5)19(6)7/h11-15,17-19,25H,10,16H2,1-9H3. The lowest BCUT2D eigenvalue weighted by atomic mass is 9.87. The van der Waals surface area contributed by atoms with Gasteiger partial charge in [0.2, 0.25) is 0 Å². The molecule has 0 saturated heterocycles. The summed E-state index contributed by atoms with van der Waals surface area (Å²) < 4.78 is 13.5. The van der Waals surface area contributed by atoms with Crippen LogP contribution in [0.4, 0.5) is 0 Å². The third-order valence-corrected chi connectivity index (χ3v) is 13.1. The van der Waals surface area contributed by atoms with Gasteiger partial charge in [0.05, 0.1) is 6.10 Å². The first-order valence-corrected chi connectivity index (χ1v) is 13.5. The minimum absolute atomic E-state index is 0.0996. The highest BCUT2D eigenvalue weighted by molar-refractivity contribution is 6.78. The molecule has 0 aromatic heterocycles. The van der Waals surface area contributed by atoms with Crippen molar-refractivity contribution in [2.45, 2.75) is 91.5 Å². The molecule has 2 aromatic rings. The zero-order valence-electron chi connectivity index (χ0n) is 19.9. The lowest BCUT2D eigenvalue weighted by Crippen LogP contribution is -2.50. The quantitative estimate of drug-likeness (QED) is 0.428. The number of fused-ring (bicyclic) bond motifs is 3. The predicted molar refractivity (Wildman–Crippen MR) is 127 cm³/mol. The van der Waals surface area contributed by atoms with Crippen molar-refractivity contribution < 1.29 is 9.16 Å². The molecule has 2 nitrogen and oxygen atoms in total. The van der Waals surface area contributed by atoms with Crippen molar-refractivity contribution in [3.05, 3.63) is 41.5 Å². The number of benzene rings is 2. The van der Waals surface area contributed by atoms with E-state index in [4.69, 9.17) is 9.16 Å². The molecule has 0 spiro atoms. The first-order chi connectivity index (χ1) is 13.6. The Bertz CT molecular complexity index is 845. The van der Waals surface area contributed by atoms with Crippen LogP contribution in [0.3, 0.4) is 0 Å². The van der Waals surface area contributed by atoms with Crippen LogP contribution in [0.25, 0.3) is 10.8 Å². The van der Waals surface area contributed by atoms with Gasteiger partial charge in [0.15, 0.2) is 0 Å². The molecule has 0 heterocycles. The van der Waals surface area contributed by atoms with Gasteiger partial charge in [0.1, 0.15) is 5.75 Å². The van der Waals surface area contributed by atoms with Crippen molar-refractivity contribution in [1.29, 1.82) is 0 Å². The van der Waals surface area contributed by atoms with Gasteiger partial charge < -0.3 is 9.16 Å². The second-order valence-corrected chi connectivity index (χ2v) is 15.8. The lowest BCUT2D eigenvalue weighted by Gasteiger charge is -2.42. The van der Waals surface area contributed by atoms with Gasteiger partial charge in [0, 0.05) is 12.0 Å². The van der Waals surface area contributed by atoms with Crippen molar-refractivity contribution in [2.24, 2.45) is 5.41 Å². The molecule has 160 valence electrons. The third kappa shape index (κ3) is 3.65. The van der Waals surface area contributed by atoms with E-state index in [-0.39, 0.29) is 11.5 Å². The second kappa shape index (κ2) is 8.07. The SMILES string of the molecule is CCOC1c2c(cc(O[Si](C(C)C)(C(C)C)C(C)C)c3ccccc23)CC1(C)C. The summed E-state index contributed by atoms with van der Waals surface area (Å²) in [6.07, 6.45) is 1.18. The molecule has 0 N–H and O–H groups in total. The van der Waals surface area contributed by atoms with Crippen molar-refractivity contribution in [2.75, 3.05) is 6.61 Å². The monoisotopic (exact) mass is 412 g/mol. The molecule has 0 amide bonds. The lowest BCUT2D eigenvalue weighted by molar-refractivity contribution is -0.00876. The van der Waals surface area contributed by atoms with E-state index in [0.717, 1.165) is 18.8 Å². The summed E-state index contributed by atoms with van der Waals surface area (Å²) in [7, 11) is -2.02. The highest BCUT2D eigenvalue weighted by Gasteiger charge is 2.48. The molecule has 1 unspecified atom stereocenters. The summed E-state index contributed by atoms with van der Waals surface area (Å²) in [6, 6.07) is 11.1. The molecule has 3 heteroatoms. The van der Waals surface area contributed by atoms with Crippen LogP contribution in [-0.2, 0) is 11.2 Å². The van der Waals surface area contributed by atoms with Gasteiger partial charge in [-0.25, -0.2) is 0 Å². The van der Waals surface area contributed by atoms with Gasteiger partial charge in [-0.1, -0.05) is 79.7 Å². The van der Waals surface area contributed by atoms with E-state index < -0.39 is 8.32 Å². The Morgan fingerprint density at radius 2 is 1.52 bits per heavy atom. The van der Waals surface area contributed by atoms with Crippen molar-refractivity contribution >= 4 is 19.1 Å². The zero-order valence-corrected chi connectivity index (χ0v) is 20.9. The van der Waals surface area contributed by atoms with E-state index in [2.05, 4.69) is 92.6 Å². The minimum Gasteiger partial charge on any atom is -0.542 e. The van der Waals surface area contributed by atoms with E-state index in [1.807, 2.05) is 0 Å². The third-order valence-electron chi connectivity index (χ3n) is 7.08. The summed E-state index contributed by atoms with van der Waals surface area (Å²) in [5.74, 6) is 1.09. The summed E-state index contributed by atoms with van der Waals surface area (Å²) in [5, 5.41) is 2.55. The Hall–Kier alpha value is -1.32. The fraction of sp³-hybridized carbons (Fsp3) is 0.615. The second-order valence-electron chi connectivity index (χ2n) is 10.4. The fourth-order valence-electron chi connectivity index (χ4n) is 5.95. The van der Waals surface area contributed by atoms with Crippen LogP contribution in [0.5, 0.6) is 5.75 Å². The van der Waals surface area contributed by atoms with Crippen LogP contribution in [0.15, 0.2) is 30.3 Å². The summed E-state index contributed by atoms with van der Waals surface area (Å²) in [5.41, 5.74) is 4.56. The largest absolute Gasteiger partial charge is 0.542 e. The molecule has 0 saturated carbocycles. The highest BCUT2D eigenvalue weighted by atomic mass is 28.4. The summed E-state index contributed by atoms with van der Waals surface area (Å²) in [4.78, 5) is 0. The smallest absolute Gasteiger partial charge is 0.258 e. The average Bonchev–Trinajstić information content (AvgIpc) is 2.88. The maximum atomic E-state index is 7.19. The summed E-state index contributed by atoms with van der Waals surface area (Å²) >= 11 is 0. The molecule has 3 rings (SSSR count). The van der Waals surface area contributed by atoms with Gasteiger partial charge in [-0.3, -0.25) is 0 Å². The van der Waals surface area contributed by atoms with E-state index in [0.29, 0.717) is 16.6 Å². The molecule has 1 aliphatic carbocycles. The van der Waals surface area contributed by atoms with E-state index in [1.165, 1.54) is 21.9 Å². The predicted octanol–water partition coefficient (Wildman–Crippen LogP) is 8.05. The number of hydrogen-bond donors (Lipinski definition) is 0. The first-order valence-electron chi connectivity index (χ1n) is 11.4. The topological polar surface area (TPSA) is 18.5 Å². The fourth-order valence-corrected chi connectivity index (χ4v) is 11.2. The maximum absolute atomic E-state index is 7.19. The van der Waals surface area contributed by atoms with Gasteiger partial charge in [0.25, 0.3) is 8.32 Å². The van der Waals surface area contributed by atoms with Crippen molar-refractivity contribution in [1.82, 2.24) is 0 Å². The number of hydrogen-bond acceptors (Lipinski definition) is 2. The Kier molecular flexibility index (Phi) is 6.23. The van der Waals surface area contributed by atoms with Gasteiger partial charge in [-0.2, -0.15) is 0 Å². The Morgan fingerprint density at radius 3 is 2.03 bits per heavy atom. The van der Waals surface area contributed by atoms with E-state index in [9.17, 15) is 0 Å². The van der Waals surface area contributed by atoms with Gasteiger partial charge >= 0.3 is 0 Å². The van der Waals surface area contributed by atoms with Crippen LogP contribution in [0, 0.1) is 5.41 Å². The first kappa shape index (κ1) is 22.4. The van der Waals surface area contributed by atoms with Crippen LogP contribution in [0.2, 0.25) is 16.6 Å². The van der Waals surface area contributed by atoms with Crippen LogP contribution >= 0.6 is 0 Å². The molecule has 0 bridgehead atoms. The van der Waals surface area contributed by atoms with Crippen LogP contribution < -0.4 is 4.43 Å². The van der Waals surface area contributed by atoms with Crippen LogP contribution in [-0.4, -0.2) is 14.9 Å². The van der Waals surface area contributed by atoms with Crippen LogP contribution in [0.1, 0.15) is 79.5 Å². The Morgan fingerprint density at radius 1 is 0.966 bits per heavy atom. The molecule has 1 atom stereocenters. The highest BCUT2D eigenvalue weighted by Crippen LogP contribution is 2.53. The molecule has 2 aromatic carbocycles. The number of ether oxygens (including phenoxy) is 1.